The van der Waals surface area contributed by atoms with Gasteiger partial charge in [0.25, 0.3) is 0 Å². The number of carbonyl (C=O) groups excluding carboxylic acids is 4. The van der Waals surface area contributed by atoms with Crippen molar-refractivity contribution in [2.24, 2.45) is 5.92 Å². The summed E-state index contributed by atoms with van der Waals surface area (Å²) in [6, 6.07) is 8.74. The second-order valence-corrected chi connectivity index (χ2v) is 6.45. The molecule has 2 aliphatic heterocycles. The van der Waals surface area contributed by atoms with E-state index in [-0.39, 0.29) is 25.0 Å². The minimum Gasteiger partial charge on any atom is -0.326 e. The Labute approximate surface area is 151 Å². The number of anilines is 1. The Morgan fingerprint density at radius 2 is 1.65 bits per heavy atom. The number of hydrogen-bond donors (Lipinski definition) is 1. The van der Waals surface area contributed by atoms with E-state index in [0.29, 0.717) is 25.9 Å². The summed E-state index contributed by atoms with van der Waals surface area (Å²) in [6.07, 6.45) is 1.28. The van der Waals surface area contributed by atoms with Crippen molar-refractivity contribution in [2.75, 3.05) is 31.6 Å². The van der Waals surface area contributed by atoms with Crippen LogP contribution in [0.1, 0.15) is 19.8 Å². The monoisotopic (exact) mass is 358 g/mol. The van der Waals surface area contributed by atoms with Gasteiger partial charge in [0.1, 0.15) is 0 Å². The van der Waals surface area contributed by atoms with Gasteiger partial charge in [-0.2, -0.15) is 0 Å². The molecule has 1 aromatic carbocycles. The normalized spacial score (nSPS) is 19.3. The number of likely N-dealkylation sites (N-methyl/N-ethyl adjacent to an activating group) is 1. The van der Waals surface area contributed by atoms with Gasteiger partial charge in [-0.25, -0.2) is 9.69 Å². The summed E-state index contributed by atoms with van der Waals surface area (Å²) in [5.74, 6) is -1.67. The van der Waals surface area contributed by atoms with Gasteiger partial charge >= 0.3 is 17.8 Å². The lowest BCUT2D eigenvalue weighted by Crippen LogP contribution is -2.46. The molecule has 0 saturated carbocycles. The first-order chi connectivity index (χ1) is 12.5. The fourth-order valence-electron chi connectivity index (χ4n) is 3.26. The van der Waals surface area contributed by atoms with Crippen molar-refractivity contribution in [3.05, 3.63) is 30.3 Å². The Hall–Kier alpha value is -2.74. The van der Waals surface area contributed by atoms with Crippen molar-refractivity contribution >= 4 is 29.4 Å². The van der Waals surface area contributed by atoms with Crippen molar-refractivity contribution in [2.45, 2.75) is 19.8 Å². The molecule has 2 heterocycles. The van der Waals surface area contributed by atoms with E-state index in [0.717, 1.165) is 15.5 Å². The predicted octanol–water partition coefficient (Wildman–Crippen LogP) is 1.11. The standard InChI is InChI=1S/C18H22N4O4/c1-2-21-16(24)17(25)22(18(21)26)12-20-10-8-13(9-11-20)15(23)19-14-6-4-3-5-7-14/h3-7,13H,2,8-12H2,1H3,(H,19,23). The second kappa shape index (κ2) is 7.65. The minimum atomic E-state index is -0.777. The number of imide groups is 2. The second-order valence-electron chi connectivity index (χ2n) is 6.45. The molecule has 0 aromatic heterocycles. The Kier molecular flexibility index (Phi) is 5.32. The SMILES string of the molecule is CCN1C(=O)C(=O)N(CN2CCC(C(=O)Nc3ccccc3)CC2)C1=O. The van der Waals surface area contributed by atoms with E-state index in [1.165, 1.54) is 0 Å². The molecule has 138 valence electrons. The molecule has 1 aromatic rings. The van der Waals surface area contributed by atoms with Crippen LogP contribution >= 0.6 is 0 Å². The number of benzene rings is 1. The molecule has 0 radical (unpaired) electrons. The third-order valence-electron chi connectivity index (χ3n) is 4.79. The number of amides is 5. The number of nitrogens with one attached hydrogen (secondary N) is 1. The number of carbonyl (C=O) groups is 4. The highest BCUT2D eigenvalue weighted by Gasteiger charge is 2.44. The molecule has 0 bridgehead atoms. The first-order valence-corrected chi connectivity index (χ1v) is 8.77. The number of rotatable bonds is 5. The minimum absolute atomic E-state index is 0.0171. The van der Waals surface area contributed by atoms with E-state index >= 15 is 0 Å². The zero-order valence-corrected chi connectivity index (χ0v) is 14.7. The fraction of sp³-hybridized carbons (Fsp3) is 0.444. The first kappa shape index (κ1) is 18.1. The van der Waals surface area contributed by atoms with Crippen molar-refractivity contribution in [1.29, 1.82) is 0 Å². The van der Waals surface area contributed by atoms with Crippen LogP contribution in [0, 0.1) is 5.92 Å². The lowest BCUT2D eigenvalue weighted by Gasteiger charge is -2.32. The fourth-order valence-corrected chi connectivity index (χ4v) is 3.26. The van der Waals surface area contributed by atoms with Crippen LogP contribution in [0.25, 0.3) is 0 Å². The Morgan fingerprint density at radius 1 is 1.04 bits per heavy atom. The van der Waals surface area contributed by atoms with Crippen LogP contribution in [-0.4, -0.2) is 64.8 Å². The van der Waals surface area contributed by atoms with E-state index in [1.54, 1.807) is 6.92 Å². The highest BCUT2D eigenvalue weighted by molar-refractivity contribution is 6.44. The van der Waals surface area contributed by atoms with E-state index in [9.17, 15) is 19.2 Å². The molecule has 3 rings (SSSR count). The maximum atomic E-state index is 12.3. The van der Waals surface area contributed by atoms with Crippen molar-refractivity contribution < 1.29 is 19.2 Å². The van der Waals surface area contributed by atoms with Gasteiger partial charge in [-0.1, -0.05) is 18.2 Å². The van der Waals surface area contributed by atoms with Crippen LogP contribution in [0.3, 0.4) is 0 Å². The number of nitrogens with zero attached hydrogens (tertiary/aromatic N) is 3. The van der Waals surface area contributed by atoms with E-state index in [2.05, 4.69) is 5.32 Å². The number of piperidine rings is 1. The number of urea groups is 1. The van der Waals surface area contributed by atoms with Gasteiger partial charge < -0.3 is 5.32 Å². The molecular weight excluding hydrogens is 336 g/mol. The zero-order chi connectivity index (χ0) is 18.7. The lowest BCUT2D eigenvalue weighted by atomic mass is 9.96. The van der Waals surface area contributed by atoms with Gasteiger partial charge in [0.2, 0.25) is 5.91 Å². The molecule has 0 atom stereocenters. The summed E-state index contributed by atoms with van der Waals surface area (Å²) in [6.45, 7) is 3.10. The smallest absolute Gasteiger partial charge is 0.326 e. The Balaban J connectivity index is 1.51. The molecule has 2 saturated heterocycles. The van der Waals surface area contributed by atoms with Gasteiger partial charge in [-0.05, 0) is 31.9 Å². The third kappa shape index (κ3) is 3.60. The molecule has 8 heteroatoms. The Bertz CT molecular complexity index is 713. The quantitative estimate of drug-likeness (QED) is 0.629. The van der Waals surface area contributed by atoms with Gasteiger partial charge in [-0.3, -0.25) is 24.2 Å². The predicted molar refractivity (Wildman–Crippen MR) is 93.9 cm³/mol. The summed E-state index contributed by atoms with van der Waals surface area (Å²) < 4.78 is 0. The summed E-state index contributed by atoms with van der Waals surface area (Å²) in [5.41, 5.74) is 0.770. The molecule has 0 aliphatic carbocycles. The van der Waals surface area contributed by atoms with Crippen molar-refractivity contribution in [3.63, 3.8) is 0 Å². The molecule has 0 unspecified atom stereocenters. The van der Waals surface area contributed by atoms with E-state index in [1.807, 2.05) is 35.2 Å². The van der Waals surface area contributed by atoms with E-state index in [4.69, 9.17) is 0 Å². The first-order valence-electron chi connectivity index (χ1n) is 8.77. The largest absolute Gasteiger partial charge is 0.335 e. The molecule has 2 fully saturated rings. The number of likely N-dealkylation sites (tertiary alicyclic amines) is 1. The van der Waals surface area contributed by atoms with Crippen LogP contribution in [-0.2, 0) is 14.4 Å². The van der Waals surface area contributed by atoms with Crippen molar-refractivity contribution in [1.82, 2.24) is 14.7 Å². The van der Waals surface area contributed by atoms with Crippen LogP contribution in [0.15, 0.2) is 30.3 Å². The summed E-state index contributed by atoms with van der Waals surface area (Å²) in [5, 5.41) is 2.91. The van der Waals surface area contributed by atoms with Crippen LogP contribution in [0.5, 0.6) is 0 Å². The Morgan fingerprint density at radius 3 is 2.23 bits per heavy atom. The van der Waals surface area contributed by atoms with Crippen molar-refractivity contribution in [3.8, 4) is 0 Å². The molecule has 1 N–H and O–H groups in total. The van der Waals surface area contributed by atoms with Gasteiger partial charge in [-0.15, -0.1) is 0 Å². The molecule has 0 spiro atoms. The molecule has 26 heavy (non-hydrogen) atoms. The number of para-hydroxylation sites is 1. The maximum Gasteiger partial charge on any atom is 0.335 e. The van der Waals surface area contributed by atoms with E-state index < -0.39 is 17.8 Å². The average molecular weight is 358 g/mol. The maximum absolute atomic E-state index is 12.3. The molecule has 2 aliphatic rings. The number of hydrogen-bond acceptors (Lipinski definition) is 5. The summed E-state index contributed by atoms with van der Waals surface area (Å²) in [4.78, 5) is 52.0. The molecular formula is C18H22N4O4. The highest BCUT2D eigenvalue weighted by atomic mass is 16.2. The van der Waals surface area contributed by atoms with Gasteiger partial charge in [0, 0.05) is 31.2 Å². The van der Waals surface area contributed by atoms with Gasteiger partial charge in [0.15, 0.2) is 0 Å². The lowest BCUT2D eigenvalue weighted by molar-refractivity contribution is -0.144. The zero-order valence-electron chi connectivity index (χ0n) is 14.7. The molecule has 5 amide bonds. The average Bonchev–Trinajstić information content (AvgIpc) is 2.86. The van der Waals surface area contributed by atoms with Crippen LogP contribution < -0.4 is 5.32 Å². The van der Waals surface area contributed by atoms with Crippen LogP contribution in [0.2, 0.25) is 0 Å². The third-order valence-corrected chi connectivity index (χ3v) is 4.79. The molecule has 8 nitrogen and oxygen atoms in total. The van der Waals surface area contributed by atoms with Crippen LogP contribution in [0.4, 0.5) is 10.5 Å². The topological polar surface area (TPSA) is 90.0 Å². The summed E-state index contributed by atoms with van der Waals surface area (Å²) >= 11 is 0. The summed E-state index contributed by atoms with van der Waals surface area (Å²) in [7, 11) is 0. The highest BCUT2D eigenvalue weighted by Crippen LogP contribution is 2.21. The van der Waals surface area contributed by atoms with Gasteiger partial charge in [0.05, 0.1) is 6.67 Å².